The summed E-state index contributed by atoms with van der Waals surface area (Å²) in [5.41, 5.74) is 3.48. The Hall–Kier alpha value is -2.51. The first kappa shape index (κ1) is 19.5. The summed E-state index contributed by atoms with van der Waals surface area (Å²) < 4.78 is 7.99. The minimum atomic E-state index is -0.0982. The van der Waals surface area contributed by atoms with E-state index >= 15 is 0 Å². The van der Waals surface area contributed by atoms with Gasteiger partial charge in [-0.25, -0.2) is 0 Å². The number of hydrogen-bond donors (Lipinski definition) is 0. The largest absolute Gasteiger partial charge is 0.372 e. The number of anilines is 1. The summed E-state index contributed by atoms with van der Waals surface area (Å²) in [6.45, 7) is 10.1. The zero-order valence-corrected chi connectivity index (χ0v) is 18.2. The predicted molar refractivity (Wildman–Crippen MR) is 117 cm³/mol. The van der Waals surface area contributed by atoms with Crippen molar-refractivity contribution in [2.24, 2.45) is 0 Å². The fourth-order valence-electron chi connectivity index (χ4n) is 4.38. The molecule has 2 aromatic heterocycles. The molecule has 0 bridgehead atoms. The molecular weight excluding hydrogens is 376 g/mol. The van der Waals surface area contributed by atoms with Gasteiger partial charge in [0.25, 0.3) is 0 Å². The lowest BCUT2D eigenvalue weighted by Crippen LogP contribution is -2.59. The summed E-state index contributed by atoms with van der Waals surface area (Å²) in [6.07, 6.45) is 1.18. The monoisotopic (exact) mass is 406 g/mol. The number of rotatable bonds is 4. The maximum absolute atomic E-state index is 6.10. The van der Waals surface area contributed by atoms with Gasteiger partial charge in [0.15, 0.2) is 11.5 Å². The van der Waals surface area contributed by atoms with Gasteiger partial charge in [-0.05, 0) is 36.7 Å². The first-order valence-corrected chi connectivity index (χ1v) is 10.8. The second kappa shape index (κ2) is 7.32. The second-order valence-electron chi connectivity index (χ2n) is 9.54. The highest BCUT2D eigenvalue weighted by molar-refractivity contribution is 5.48. The first-order valence-electron chi connectivity index (χ1n) is 10.8. The minimum Gasteiger partial charge on any atom is -0.372 e. The summed E-state index contributed by atoms with van der Waals surface area (Å²) in [5.74, 6) is 1.87. The van der Waals surface area contributed by atoms with Crippen LogP contribution in [-0.4, -0.2) is 64.0 Å². The summed E-state index contributed by atoms with van der Waals surface area (Å²) in [7, 11) is 2.21. The van der Waals surface area contributed by atoms with Crippen LogP contribution >= 0.6 is 0 Å². The molecule has 1 atom stereocenters. The van der Waals surface area contributed by atoms with Crippen LogP contribution in [0.5, 0.6) is 0 Å². The van der Waals surface area contributed by atoms with Crippen LogP contribution in [0.1, 0.15) is 43.8 Å². The Kier molecular flexibility index (Phi) is 4.75. The van der Waals surface area contributed by atoms with E-state index in [-0.39, 0.29) is 11.5 Å². The van der Waals surface area contributed by atoms with Gasteiger partial charge in [-0.3, -0.25) is 4.90 Å². The number of ether oxygens (including phenoxy) is 1. The number of benzene rings is 1. The highest BCUT2D eigenvalue weighted by Crippen LogP contribution is 2.30. The highest BCUT2D eigenvalue weighted by atomic mass is 16.5. The molecule has 4 heterocycles. The summed E-state index contributed by atoms with van der Waals surface area (Å²) in [4.78, 5) is 4.75. The third-order valence-corrected chi connectivity index (χ3v) is 6.28. The third-order valence-electron chi connectivity index (χ3n) is 6.28. The average Bonchev–Trinajstić information content (AvgIpc) is 3.11. The Labute approximate surface area is 177 Å². The molecule has 0 saturated carbocycles. The lowest BCUT2D eigenvalue weighted by atomic mass is 9.96. The molecule has 0 aliphatic carbocycles. The van der Waals surface area contributed by atoms with Crippen molar-refractivity contribution in [1.29, 1.82) is 0 Å². The number of aromatic nitrogens is 4. The summed E-state index contributed by atoms with van der Waals surface area (Å²) in [6, 6.07) is 13.2. The molecule has 7 heteroatoms. The molecule has 0 spiro atoms. The van der Waals surface area contributed by atoms with Crippen LogP contribution < -0.4 is 4.90 Å². The molecule has 1 saturated heterocycles. The van der Waals surface area contributed by atoms with E-state index in [0.717, 1.165) is 50.0 Å². The molecule has 1 aromatic carbocycles. The molecule has 1 fully saturated rings. The normalized spacial score (nSPS) is 19.9. The van der Waals surface area contributed by atoms with Gasteiger partial charge in [-0.1, -0.05) is 45.0 Å². The maximum atomic E-state index is 6.10. The Morgan fingerprint density at radius 1 is 1.10 bits per heavy atom. The van der Waals surface area contributed by atoms with Crippen LogP contribution in [0.2, 0.25) is 0 Å². The molecule has 1 unspecified atom stereocenters. The van der Waals surface area contributed by atoms with Crippen molar-refractivity contribution < 1.29 is 4.74 Å². The quantitative estimate of drug-likeness (QED) is 0.664. The standard InChI is InChI=1S/C23H30N6O/c1-23(2,3)22-25-24-20-9-10-21(26-29(20)22)28-13-17(14-28)27(4)15-19-18-8-6-5-7-16(18)11-12-30-19/h5-10,17,19H,11-15H2,1-4H3. The third kappa shape index (κ3) is 3.46. The summed E-state index contributed by atoms with van der Waals surface area (Å²) in [5, 5.41) is 13.5. The van der Waals surface area contributed by atoms with Crippen LogP contribution in [0.15, 0.2) is 36.4 Å². The Morgan fingerprint density at radius 2 is 1.90 bits per heavy atom. The fraction of sp³-hybridized carbons (Fsp3) is 0.522. The van der Waals surface area contributed by atoms with Crippen molar-refractivity contribution in [2.75, 3.05) is 38.2 Å². The molecule has 2 aliphatic heterocycles. The van der Waals surface area contributed by atoms with E-state index < -0.39 is 0 Å². The molecule has 0 radical (unpaired) electrons. The Morgan fingerprint density at radius 3 is 2.70 bits per heavy atom. The number of hydrogen-bond acceptors (Lipinski definition) is 6. The van der Waals surface area contributed by atoms with E-state index in [1.54, 1.807) is 0 Å². The molecule has 0 amide bonds. The van der Waals surface area contributed by atoms with Crippen molar-refractivity contribution in [3.63, 3.8) is 0 Å². The zero-order valence-electron chi connectivity index (χ0n) is 18.2. The Balaban J connectivity index is 1.25. The van der Waals surface area contributed by atoms with Gasteiger partial charge in [0.05, 0.1) is 12.7 Å². The van der Waals surface area contributed by atoms with Gasteiger partial charge in [0.2, 0.25) is 0 Å². The molecule has 3 aromatic rings. The van der Waals surface area contributed by atoms with Crippen LogP contribution in [-0.2, 0) is 16.6 Å². The maximum Gasteiger partial charge on any atom is 0.178 e. The van der Waals surface area contributed by atoms with Gasteiger partial charge in [0.1, 0.15) is 5.82 Å². The second-order valence-corrected chi connectivity index (χ2v) is 9.54. The first-order chi connectivity index (χ1) is 14.4. The lowest BCUT2D eigenvalue weighted by Gasteiger charge is -2.45. The van der Waals surface area contributed by atoms with Gasteiger partial charge in [-0.15, -0.1) is 15.3 Å². The highest BCUT2D eigenvalue weighted by Gasteiger charge is 2.33. The summed E-state index contributed by atoms with van der Waals surface area (Å²) >= 11 is 0. The van der Waals surface area contributed by atoms with Crippen molar-refractivity contribution in [3.8, 4) is 0 Å². The van der Waals surface area contributed by atoms with Crippen molar-refractivity contribution in [1.82, 2.24) is 24.7 Å². The topological polar surface area (TPSA) is 58.8 Å². The van der Waals surface area contributed by atoms with E-state index in [1.807, 2.05) is 16.6 Å². The SMILES string of the molecule is CN(CC1OCCc2ccccc21)C1CN(c2ccc3nnc(C(C)(C)C)n3n2)C1. The molecule has 2 aliphatic rings. The van der Waals surface area contributed by atoms with Crippen LogP contribution in [0, 0.1) is 0 Å². The van der Waals surface area contributed by atoms with E-state index in [4.69, 9.17) is 9.84 Å². The molecule has 0 N–H and O–H groups in total. The molecule has 158 valence electrons. The Bertz CT molecular complexity index is 1050. The van der Waals surface area contributed by atoms with E-state index in [2.05, 4.69) is 72.1 Å². The smallest absolute Gasteiger partial charge is 0.178 e. The van der Waals surface area contributed by atoms with Crippen LogP contribution in [0.4, 0.5) is 5.82 Å². The van der Waals surface area contributed by atoms with Crippen LogP contribution in [0.3, 0.4) is 0 Å². The zero-order chi connectivity index (χ0) is 20.9. The number of fused-ring (bicyclic) bond motifs is 2. The molecule has 5 rings (SSSR count). The van der Waals surface area contributed by atoms with Crippen molar-refractivity contribution in [2.45, 2.75) is 44.8 Å². The van der Waals surface area contributed by atoms with E-state index in [0.29, 0.717) is 6.04 Å². The molecular formula is C23H30N6O. The lowest BCUT2D eigenvalue weighted by molar-refractivity contribution is 0.00997. The fourth-order valence-corrected chi connectivity index (χ4v) is 4.38. The van der Waals surface area contributed by atoms with E-state index in [9.17, 15) is 0 Å². The van der Waals surface area contributed by atoms with Crippen LogP contribution in [0.25, 0.3) is 5.65 Å². The molecule has 7 nitrogen and oxygen atoms in total. The van der Waals surface area contributed by atoms with Gasteiger partial charge < -0.3 is 9.64 Å². The minimum absolute atomic E-state index is 0.0982. The number of nitrogens with zero attached hydrogens (tertiary/aromatic N) is 6. The van der Waals surface area contributed by atoms with Gasteiger partial charge in [0, 0.05) is 31.1 Å². The van der Waals surface area contributed by atoms with E-state index in [1.165, 1.54) is 11.1 Å². The van der Waals surface area contributed by atoms with Gasteiger partial charge >= 0.3 is 0 Å². The van der Waals surface area contributed by atoms with Crippen molar-refractivity contribution >= 4 is 11.5 Å². The van der Waals surface area contributed by atoms with Crippen molar-refractivity contribution in [3.05, 3.63) is 53.3 Å². The number of likely N-dealkylation sites (N-methyl/N-ethyl adjacent to an activating group) is 1. The predicted octanol–water partition coefficient (Wildman–Crippen LogP) is 2.86. The average molecular weight is 407 g/mol. The van der Waals surface area contributed by atoms with Gasteiger partial charge in [-0.2, -0.15) is 4.52 Å². The molecule has 30 heavy (non-hydrogen) atoms.